The zero-order valence-electron chi connectivity index (χ0n) is 14.5. The second-order valence-corrected chi connectivity index (χ2v) is 7.05. The lowest BCUT2D eigenvalue weighted by Gasteiger charge is -2.05. The topological polar surface area (TPSA) is 29.1 Å². The van der Waals surface area contributed by atoms with Gasteiger partial charge in [-0.3, -0.25) is 4.79 Å². The monoisotopic (exact) mass is 323 g/mol. The Labute approximate surface area is 146 Å². The van der Waals surface area contributed by atoms with E-state index in [4.69, 9.17) is 0 Å². The third-order valence-electron chi connectivity index (χ3n) is 5.36. The van der Waals surface area contributed by atoms with E-state index in [9.17, 15) is 4.79 Å². The van der Waals surface area contributed by atoms with Crippen LogP contribution in [0, 0.1) is 17.8 Å². The first-order chi connectivity index (χ1) is 11.9. The summed E-state index contributed by atoms with van der Waals surface area (Å²) in [7, 11) is 0. The van der Waals surface area contributed by atoms with Crippen LogP contribution >= 0.6 is 0 Å². The van der Waals surface area contributed by atoms with Crippen molar-refractivity contribution >= 4 is 5.91 Å². The lowest BCUT2D eigenvalue weighted by atomic mass is 10.1. The fourth-order valence-electron chi connectivity index (χ4n) is 3.95. The van der Waals surface area contributed by atoms with E-state index >= 15 is 0 Å². The SMILES string of the molecule is O=C(NCCc1ccccc1)C1[C@@H]2CC/C=C\CC/C=C\CC[C@@H]12. The summed E-state index contributed by atoms with van der Waals surface area (Å²) in [6.07, 6.45) is 17.0. The summed E-state index contributed by atoms with van der Waals surface area (Å²) in [6.45, 7) is 0.749. The molecule has 2 aliphatic carbocycles. The van der Waals surface area contributed by atoms with Gasteiger partial charge in [0, 0.05) is 12.5 Å². The molecule has 2 atom stereocenters. The van der Waals surface area contributed by atoms with Crippen LogP contribution in [0.5, 0.6) is 0 Å². The molecule has 2 aliphatic rings. The standard InChI is InChI=1S/C22H29NO/c24-22(23-17-16-18-12-8-7-9-13-18)21-19-14-10-5-3-1-2-4-6-11-15-20(19)21/h3-9,12-13,19-21H,1-2,10-11,14-17H2,(H,23,24)/b5-3-,6-4-/t19-,20-/m1/s1. The van der Waals surface area contributed by atoms with Crippen LogP contribution in [0.1, 0.15) is 44.1 Å². The number of allylic oxidation sites excluding steroid dienone is 4. The van der Waals surface area contributed by atoms with Crippen molar-refractivity contribution in [3.63, 3.8) is 0 Å². The molecule has 0 radical (unpaired) electrons. The number of fused-ring (bicyclic) bond motifs is 1. The number of hydrogen-bond acceptors (Lipinski definition) is 1. The first-order valence-corrected chi connectivity index (χ1v) is 9.48. The average molecular weight is 323 g/mol. The van der Waals surface area contributed by atoms with Gasteiger partial charge in [-0.15, -0.1) is 0 Å². The lowest BCUT2D eigenvalue weighted by Crippen LogP contribution is -2.28. The highest BCUT2D eigenvalue weighted by Crippen LogP contribution is 2.52. The van der Waals surface area contributed by atoms with Crippen LogP contribution in [-0.4, -0.2) is 12.5 Å². The number of carbonyl (C=O) groups is 1. The molecule has 2 heteroatoms. The van der Waals surface area contributed by atoms with Crippen molar-refractivity contribution in [1.29, 1.82) is 0 Å². The summed E-state index contributed by atoms with van der Waals surface area (Å²) < 4.78 is 0. The summed E-state index contributed by atoms with van der Waals surface area (Å²) in [5, 5.41) is 3.17. The van der Waals surface area contributed by atoms with Crippen LogP contribution in [0.4, 0.5) is 0 Å². The molecule has 3 rings (SSSR count). The Morgan fingerprint density at radius 1 is 0.875 bits per heavy atom. The highest BCUT2D eigenvalue weighted by atomic mass is 16.2. The Bertz CT molecular complexity index is 551. The van der Waals surface area contributed by atoms with Crippen molar-refractivity contribution < 1.29 is 4.79 Å². The minimum Gasteiger partial charge on any atom is -0.356 e. The van der Waals surface area contributed by atoms with Crippen LogP contribution in [-0.2, 0) is 11.2 Å². The van der Waals surface area contributed by atoms with E-state index in [2.05, 4.69) is 53.9 Å². The average Bonchev–Trinajstić information content (AvgIpc) is 3.28. The molecule has 0 unspecified atom stereocenters. The van der Waals surface area contributed by atoms with Crippen LogP contribution < -0.4 is 5.32 Å². The largest absolute Gasteiger partial charge is 0.356 e. The van der Waals surface area contributed by atoms with Gasteiger partial charge in [0.1, 0.15) is 0 Å². The number of amides is 1. The van der Waals surface area contributed by atoms with Crippen molar-refractivity contribution in [3.05, 3.63) is 60.2 Å². The molecule has 0 aromatic heterocycles. The van der Waals surface area contributed by atoms with Crippen molar-refractivity contribution in [2.75, 3.05) is 6.54 Å². The fraction of sp³-hybridized carbons (Fsp3) is 0.500. The van der Waals surface area contributed by atoms with Gasteiger partial charge in [0.05, 0.1) is 0 Å². The zero-order chi connectivity index (χ0) is 16.6. The van der Waals surface area contributed by atoms with Gasteiger partial charge in [0.2, 0.25) is 5.91 Å². The molecule has 1 N–H and O–H groups in total. The molecule has 1 aromatic carbocycles. The second-order valence-electron chi connectivity index (χ2n) is 7.05. The number of benzene rings is 1. The fourth-order valence-corrected chi connectivity index (χ4v) is 3.95. The quantitative estimate of drug-likeness (QED) is 0.801. The summed E-state index contributed by atoms with van der Waals surface area (Å²) in [4.78, 5) is 12.5. The third kappa shape index (κ3) is 4.83. The van der Waals surface area contributed by atoms with Gasteiger partial charge in [0.25, 0.3) is 0 Å². The molecular weight excluding hydrogens is 294 g/mol. The summed E-state index contributed by atoms with van der Waals surface area (Å²) in [6, 6.07) is 10.4. The third-order valence-corrected chi connectivity index (χ3v) is 5.36. The van der Waals surface area contributed by atoms with E-state index in [-0.39, 0.29) is 11.8 Å². The molecule has 0 aliphatic heterocycles. The van der Waals surface area contributed by atoms with E-state index in [0.717, 1.165) is 38.6 Å². The Hall–Kier alpha value is -1.83. The van der Waals surface area contributed by atoms with Crippen molar-refractivity contribution in [3.8, 4) is 0 Å². The summed E-state index contributed by atoms with van der Waals surface area (Å²) in [5.74, 6) is 1.73. The lowest BCUT2D eigenvalue weighted by molar-refractivity contribution is -0.122. The predicted octanol–water partition coefficient (Wildman–Crippen LogP) is 4.67. The Morgan fingerprint density at radius 2 is 1.46 bits per heavy atom. The van der Waals surface area contributed by atoms with E-state index in [1.54, 1.807) is 0 Å². The van der Waals surface area contributed by atoms with Crippen LogP contribution in [0.3, 0.4) is 0 Å². The predicted molar refractivity (Wildman–Crippen MR) is 99.6 cm³/mol. The minimum atomic E-state index is 0.253. The van der Waals surface area contributed by atoms with E-state index in [1.165, 1.54) is 18.4 Å². The van der Waals surface area contributed by atoms with Crippen LogP contribution in [0.25, 0.3) is 0 Å². The number of hydrogen-bond donors (Lipinski definition) is 1. The van der Waals surface area contributed by atoms with Gasteiger partial charge < -0.3 is 5.32 Å². The molecule has 0 bridgehead atoms. The highest BCUT2D eigenvalue weighted by molar-refractivity contribution is 5.82. The molecule has 24 heavy (non-hydrogen) atoms. The number of carbonyl (C=O) groups excluding carboxylic acids is 1. The Kier molecular flexibility index (Phi) is 6.28. The Morgan fingerprint density at radius 3 is 2.08 bits per heavy atom. The Balaban J connectivity index is 1.47. The van der Waals surface area contributed by atoms with Gasteiger partial charge in [0.15, 0.2) is 0 Å². The molecule has 0 saturated heterocycles. The molecule has 1 saturated carbocycles. The molecule has 1 amide bonds. The maximum absolute atomic E-state index is 12.5. The zero-order valence-corrected chi connectivity index (χ0v) is 14.5. The van der Waals surface area contributed by atoms with Gasteiger partial charge in [-0.2, -0.15) is 0 Å². The van der Waals surface area contributed by atoms with Gasteiger partial charge >= 0.3 is 0 Å². The van der Waals surface area contributed by atoms with Gasteiger partial charge in [-0.1, -0.05) is 54.6 Å². The van der Waals surface area contributed by atoms with E-state index in [0.29, 0.717) is 11.8 Å². The summed E-state index contributed by atoms with van der Waals surface area (Å²) in [5.41, 5.74) is 1.29. The molecule has 0 heterocycles. The van der Waals surface area contributed by atoms with Crippen molar-refractivity contribution in [2.24, 2.45) is 17.8 Å². The van der Waals surface area contributed by atoms with Crippen LogP contribution in [0.2, 0.25) is 0 Å². The van der Waals surface area contributed by atoms with Crippen LogP contribution in [0.15, 0.2) is 54.6 Å². The second kappa shape index (κ2) is 8.86. The first kappa shape index (κ1) is 17.0. The molecule has 128 valence electrons. The van der Waals surface area contributed by atoms with E-state index < -0.39 is 0 Å². The minimum absolute atomic E-state index is 0.253. The number of rotatable bonds is 4. The maximum Gasteiger partial charge on any atom is 0.223 e. The maximum atomic E-state index is 12.5. The van der Waals surface area contributed by atoms with Gasteiger partial charge in [-0.25, -0.2) is 0 Å². The van der Waals surface area contributed by atoms with E-state index in [1.807, 2.05) is 6.07 Å². The molecular formula is C22H29NO. The first-order valence-electron chi connectivity index (χ1n) is 9.48. The number of nitrogens with one attached hydrogen (secondary N) is 1. The molecule has 1 aromatic rings. The smallest absolute Gasteiger partial charge is 0.223 e. The van der Waals surface area contributed by atoms with Crippen molar-refractivity contribution in [1.82, 2.24) is 5.32 Å². The molecule has 2 nitrogen and oxygen atoms in total. The van der Waals surface area contributed by atoms with Crippen molar-refractivity contribution in [2.45, 2.75) is 44.9 Å². The highest BCUT2D eigenvalue weighted by Gasteiger charge is 2.52. The summed E-state index contributed by atoms with van der Waals surface area (Å²) >= 11 is 0. The van der Waals surface area contributed by atoms with Gasteiger partial charge in [-0.05, 0) is 62.3 Å². The molecule has 1 fully saturated rings. The molecule has 0 spiro atoms. The normalized spacial score (nSPS) is 29.4.